The fraction of sp³-hybridized carbons (Fsp3) is 0.0667. The summed E-state index contributed by atoms with van der Waals surface area (Å²) in [6.07, 6.45) is 6.02. The molecule has 2 aromatic rings. The van der Waals surface area contributed by atoms with Crippen molar-refractivity contribution in [2.24, 2.45) is 0 Å². The second kappa shape index (κ2) is 5.62. The standard InChI is InChI=1S/C15H13N2/c16-13-15-10-4-5-11-17(15)12-6-9-14-7-2-1-3-8-14/h1-11H,12H2/q+1. The third kappa shape index (κ3) is 3.02. The molecule has 0 unspecified atom stereocenters. The number of nitrogens with zero attached hydrogens (tertiary/aromatic N) is 2. The third-order valence-corrected chi connectivity index (χ3v) is 2.47. The molecule has 0 bridgehead atoms. The number of pyridine rings is 1. The number of hydrogen-bond acceptors (Lipinski definition) is 1. The van der Waals surface area contributed by atoms with E-state index in [2.05, 4.69) is 30.4 Å². The number of benzene rings is 1. The maximum absolute atomic E-state index is 8.94. The fourth-order valence-corrected chi connectivity index (χ4v) is 1.60. The molecule has 0 aliphatic rings. The molecule has 0 fully saturated rings. The molecule has 2 rings (SSSR count). The Balaban J connectivity index is 2.08. The molecule has 0 saturated carbocycles. The summed E-state index contributed by atoms with van der Waals surface area (Å²) in [5.41, 5.74) is 1.84. The van der Waals surface area contributed by atoms with Crippen molar-refractivity contribution >= 4 is 6.08 Å². The average Bonchev–Trinajstić information content (AvgIpc) is 2.40. The minimum atomic E-state index is 0.671. The van der Waals surface area contributed by atoms with Crippen molar-refractivity contribution in [1.29, 1.82) is 5.26 Å². The summed E-state index contributed by atoms with van der Waals surface area (Å²) in [7, 11) is 0. The summed E-state index contributed by atoms with van der Waals surface area (Å²) in [6, 6.07) is 17.9. The van der Waals surface area contributed by atoms with Gasteiger partial charge in [-0.1, -0.05) is 36.4 Å². The van der Waals surface area contributed by atoms with E-state index in [-0.39, 0.29) is 0 Å². The largest absolute Gasteiger partial charge is 0.283 e. The van der Waals surface area contributed by atoms with Gasteiger partial charge in [-0.05, 0) is 17.7 Å². The maximum Gasteiger partial charge on any atom is 0.283 e. The Morgan fingerprint density at radius 1 is 1.06 bits per heavy atom. The molecule has 1 aromatic heterocycles. The first-order chi connectivity index (χ1) is 8.40. The van der Waals surface area contributed by atoms with Gasteiger partial charge in [-0.25, -0.2) is 0 Å². The molecule has 0 N–H and O–H groups in total. The predicted molar refractivity (Wildman–Crippen MR) is 66.8 cm³/mol. The first-order valence-electron chi connectivity index (χ1n) is 5.50. The van der Waals surface area contributed by atoms with Crippen molar-refractivity contribution in [2.45, 2.75) is 6.54 Å². The van der Waals surface area contributed by atoms with Gasteiger partial charge in [0.15, 0.2) is 18.8 Å². The van der Waals surface area contributed by atoms with Gasteiger partial charge in [0.05, 0.1) is 0 Å². The number of aromatic nitrogens is 1. The highest BCUT2D eigenvalue weighted by Crippen LogP contribution is 2.00. The van der Waals surface area contributed by atoms with Crippen molar-refractivity contribution in [3.63, 3.8) is 0 Å². The molecule has 0 aliphatic heterocycles. The zero-order valence-electron chi connectivity index (χ0n) is 9.45. The molecular formula is C15H13N2+. The Bertz CT molecular complexity index is 551. The predicted octanol–water partition coefficient (Wildman–Crippen LogP) is 2.56. The lowest BCUT2D eigenvalue weighted by atomic mass is 10.2. The summed E-state index contributed by atoms with van der Waals surface area (Å²) >= 11 is 0. The number of hydrogen-bond donors (Lipinski definition) is 0. The Morgan fingerprint density at radius 2 is 1.82 bits per heavy atom. The van der Waals surface area contributed by atoms with E-state index in [0.717, 1.165) is 0 Å². The van der Waals surface area contributed by atoms with Crippen LogP contribution in [0.5, 0.6) is 0 Å². The molecule has 0 spiro atoms. The van der Waals surface area contributed by atoms with Gasteiger partial charge in [-0.2, -0.15) is 9.83 Å². The van der Waals surface area contributed by atoms with E-state index in [1.54, 1.807) is 0 Å². The summed E-state index contributed by atoms with van der Waals surface area (Å²) in [6.45, 7) is 0.707. The summed E-state index contributed by atoms with van der Waals surface area (Å²) in [5, 5.41) is 8.94. The molecule has 17 heavy (non-hydrogen) atoms. The van der Waals surface area contributed by atoms with Crippen molar-refractivity contribution in [3.8, 4) is 6.07 Å². The van der Waals surface area contributed by atoms with Crippen molar-refractivity contribution in [3.05, 3.63) is 72.1 Å². The fourth-order valence-electron chi connectivity index (χ4n) is 1.60. The lowest BCUT2D eigenvalue weighted by Gasteiger charge is -1.94. The van der Waals surface area contributed by atoms with Crippen LogP contribution in [-0.4, -0.2) is 0 Å². The van der Waals surface area contributed by atoms with Gasteiger partial charge in [0, 0.05) is 12.1 Å². The Morgan fingerprint density at radius 3 is 2.59 bits per heavy atom. The molecule has 1 heterocycles. The van der Waals surface area contributed by atoms with E-state index in [9.17, 15) is 0 Å². The van der Waals surface area contributed by atoms with E-state index < -0.39 is 0 Å². The van der Waals surface area contributed by atoms with E-state index in [1.807, 2.05) is 47.2 Å². The molecule has 82 valence electrons. The van der Waals surface area contributed by atoms with Gasteiger partial charge in [-0.15, -0.1) is 0 Å². The van der Waals surface area contributed by atoms with Gasteiger partial charge in [0.1, 0.15) is 0 Å². The van der Waals surface area contributed by atoms with Crippen LogP contribution >= 0.6 is 0 Å². The Hall–Kier alpha value is -2.40. The highest BCUT2D eigenvalue weighted by Gasteiger charge is 2.04. The van der Waals surface area contributed by atoms with Crippen molar-refractivity contribution in [1.82, 2.24) is 0 Å². The molecule has 0 atom stereocenters. The molecule has 0 radical (unpaired) electrons. The SMILES string of the molecule is N#Cc1cccc[n+]1CC=Cc1ccccc1. The number of allylic oxidation sites excluding steroid dienone is 1. The first kappa shape index (κ1) is 11.1. The quantitative estimate of drug-likeness (QED) is 0.732. The molecule has 0 aliphatic carbocycles. The van der Waals surface area contributed by atoms with Crippen molar-refractivity contribution in [2.75, 3.05) is 0 Å². The van der Waals surface area contributed by atoms with Crippen LogP contribution in [0.2, 0.25) is 0 Å². The van der Waals surface area contributed by atoms with Crippen molar-refractivity contribution < 1.29 is 4.57 Å². The van der Waals surface area contributed by atoms with Gasteiger partial charge in [-0.3, -0.25) is 0 Å². The van der Waals surface area contributed by atoms with Crippen LogP contribution in [0.1, 0.15) is 11.3 Å². The second-order valence-electron chi connectivity index (χ2n) is 3.66. The van der Waals surface area contributed by atoms with Crippen LogP contribution in [-0.2, 0) is 6.54 Å². The molecule has 1 aromatic carbocycles. The zero-order chi connectivity index (χ0) is 11.9. The average molecular weight is 221 g/mol. The smallest absolute Gasteiger partial charge is 0.186 e. The van der Waals surface area contributed by atoms with Gasteiger partial charge in [0.2, 0.25) is 0 Å². The lowest BCUT2D eigenvalue weighted by Crippen LogP contribution is -2.35. The summed E-state index contributed by atoms with van der Waals surface area (Å²) in [4.78, 5) is 0. The summed E-state index contributed by atoms with van der Waals surface area (Å²) in [5.74, 6) is 0. The van der Waals surface area contributed by atoms with E-state index in [4.69, 9.17) is 5.26 Å². The highest BCUT2D eigenvalue weighted by atomic mass is 14.9. The minimum Gasteiger partial charge on any atom is -0.186 e. The topological polar surface area (TPSA) is 27.7 Å². The Kier molecular flexibility index (Phi) is 3.67. The highest BCUT2D eigenvalue weighted by molar-refractivity contribution is 5.48. The van der Waals surface area contributed by atoms with Gasteiger partial charge >= 0.3 is 0 Å². The number of nitriles is 1. The van der Waals surface area contributed by atoms with Gasteiger partial charge < -0.3 is 0 Å². The molecule has 2 heteroatoms. The molecular weight excluding hydrogens is 208 g/mol. The second-order valence-corrected chi connectivity index (χ2v) is 3.66. The monoisotopic (exact) mass is 221 g/mol. The van der Waals surface area contributed by atoms with E-state index >= 15 is 0 Å². The molecule has 0 amide bonds. The van der Waals surface area contributed by atoms with Gasteiger partial charge in [0.25, 0.3) is 5.69 Å². The minimum absolute atomic E-state index is 0.671. The van der Waals surface area contributed by atoms with Crippen LogP contribution in [0.15, 0.2) is 60.8 Å². The maximum atomic E-state index is 8.94. The van der Waals surface area contributed by atoms with Crippen LogP contribution < -0.4 is 4.57 Å². The zero-order valence-corrected chi connectivity index (χ0v) is 9.45. The van der Waals surface area contributed by atoms with Crippen LogP contribution in [0, 0.1) is 11.3 Å². The van der Waals surface area contributed by atoms with E-state index in [1.165, 1.54) is 5.56 Å². The van der Waals surface area contributed by atoms with Crippen LogP contribution in [0.25, 0.3) is 6.08 Å². The lowest BCUT2D eigenvalue weighted by molar-refractivity contribution is -0.689. The molecule has 2 nitrogen and oxygen atoms in total. The Labute approximate surface area is 101 Å². The summed E-state index contributed by atoms with van der Waals surface area (Å²) < 4.78 is 1.92. The molecule has 0 saturated heterocycles. The third-order valence-electron chi connectivity index (χ3n) is 2.47. The van der Waals surface area contributed by atoms with Crippen LogP contribution in [0.3, 0.4) is 0 Å². The number of rotatable bonds is 3. The van der Waals surface area contributed by atoms with E-state index in [0.29, 0.717) is 12.2 Å². The first-order valence-corrected chi connectivity index (χ1v) is 5.50. The van der Waals surface area contributed by atoms with Crippen LogP contribution in [0.4, 0.5) is 0 Å². The normalized spacial score (nSPS) is 10.3.